The van der Waals surface area contributed by atoms with Crippen molar-refractivity contribution < 1.29 is 26.3 Å². The molecule has 0 radical (unpaired) electrons. The second-order valence-electron chi connectivity index (χ2n) is 6.47. The molecular formula is C19H14ClF3N4O3S. The Morgan fingerprint density at radius 2 is 1.77 bits per heavy atom. The Bertz CT molecular complexity index is 1220. The number of hydrogen-bond donors (Lipinski definition) is 1. The first kappa shape index (κ1) is 21.2. The maximum absolute atomic E-state index is 12.9. The van der Waals surface area contributed by atoms with E-state index in [2.05, 4.69) is 14.7 Å². The minimum absolute atomic E-state index is 0.0812. The summed E-state index contributed by atoms with van der Waals surface area (Å²) in [6.07, 6.45) is -1.72. The third kappa shape index (κ3) is 4.37. The van der Waals surface area contributed by atoms with Gasteiger partial charge in [-0.25, -0.2) is 23.1 Å². The number of nitrogens with zero attached hydrogens (tertiary/aromatic N) is 3. The molecule has 31 heavy (non-hydrogen) atoms. The number of anilines is 3. The number of benzene rings is 2. The van der Waals surface area contributed by atoms with Crippen LogP contribution < -0.4 is 14.4 Å². The molecular weight excluding hydrogens is 457 g/mol. The van der Waals surface area contributed by atoms with Crippen LogP contribution in [0.4, 0.5) is 30.5 Å². The zero-order valence-electron chi connectivity index (χ0n) is 15.6. The highest BCUT2D eigenvalue weighted by atomic mass is 35.5. The van der Waals surface area contributed by atoms with Crippen molar-refractivity contribution in [2.24, 2.45) is 0 Å². The molecule has 2 heterocycles. The van der Waals surface area contributed by atoms with E-state index in [4.69, 9.17) is 16.3 Å². The summed E-state index contributed by atoms with van der Waals surface area (Å²) in [5.74, 6) is 0.165. The third-order valence-corrected chi connectivity index (χ3v) is 6.09. The molecule has 1 aromatic heterocycles. The van der Waals surface area contributed by atoms with Crippen LogP contribution in [0.2, 0.25) is 5.02 Å². The molecule has 0 fully saturated rings. The van der Waals surface area contributed by atoms with Gasteiger partial charge in [-0.2, -0.15) is 13.2 Å². The first-order valence-electron chi connectivity index (χ1n) is 8.86. The van der Waals surface area contributed by atoms with E-state index >= 15 is 0 Å². The maximum atomic E-state index is 12.9. The van der Waals surface area contributed by atoms with E-state index in [0.717, 1.165) is 12.1 Å². The summed E-state index contributed by atoms with van der Waals surface area (Å²) in [7, 11) is -3.98. The molecule has 2 aromatic carbocycles. The molecule has 0 atom stereocenters. The lowest BCUT2D eigenvalue weighted by Gasteiger charge is -2.32. The molecule has 0 amide bonds. The molecule has 0 unspecified atom stereocenters. The molecule has 4 rings (SSSR count). The van der Waals surface area contributed by atoms with Gasteiger partial charge in [-0.05, 0) is 36.4 Å². The molecule has 7 nitrogen and oxygen atoms in total. The van der Waals surface area contributed by atoms with Crippen LogP contribution in [0.5, 0.6) is 5.75 Å². The molecule has 162 valence electrons. The van der Waals surface area contributed by atoms with E-state index < -0.39 is 21.8 Å². The van der Waals surface area contributed by atoms with E-state index in [-0.39, 0.29) is 28.2 Å². The number of hydrogen-bond acceptors (Lipinski definition) is 6. The minimum Gasteiger partial charge on any atom is -0.489 e. The first-order chi connectivity index (χ1) is 14.6. The standard InChI is InChI=1S/C19H14ClF3N4O3S/c20-14-10-12(19(21,22)23)2-4-15(14)27-8-9-30-17-11-13(3-5-16(17)27)31(28,29)26-18-24-6-1-7-25-18/h1-7,10-11H,8-9H2,(H,24,25,26). The van der Waals surface area contributed by atoms with Crippen LogP contribution in [0.25, 0.3) is 0 Å². The Kier molecular flexibility index (Phi) is 5.40. The van der Waals surface area contributed by atoms with Crippen molar-refractivity contribution in [3.8, 4) is 5.75 Å². The van der Waals surface area contributed by atoms with Gasteiger partial charge in [-0.15, -0.1) is 0 Å². The monoisotopic (exact) mass is 470 g/mol. The lowest BCUT2D eigenvalue weighted by Crippen LogP contribution is -2.29. The molecule has 0 spiro atoms. The molecule has 3 aromatic rings. The van der Waals surface area contributed by atoms with Crippen molar-refractivity contribution in [2.75, 3.05) is 22.8 Å². The Morgan fingerprint density at radius 3 is 2.45 bits per heavy atom. The van der Waals surface area contributed by atoms with Gasteiger partial charge in [0, 0.05) is 18.5 Å². The zero-order valence-corrected chi connectivity index (χ0v) is 17.2. The van der Waals surface area contributed by atoms with E-state index in [9.17, 15) is 21.6 Å². The highest BCUT2D eigenvalue weighted by Gasteiger charge is 2.32. The number of halogens is 4. The number of ether oxygens (including phenoxy) is 1. The second kappa shape index (κ2) is 7.89. The predicted molar refractivity (Wildman–Crippen MR) is 108 cm³/mol. The van der Waals surface area contributed by atoms with E-state index in [1.807, 2.05) is 0 Å². The van der Waals surface area contributed by atoms with E-state index in [1.165, 1.54) is 36.7 Å². The summed E-state index contributed by atoms with van der Waals surface area (Å²) < 4.78 is 71.9. The number of nitrogens with one attached hydrogen (secondary N) is 1. The van der Waals surface area contributed by atoms with Gasteiger partial charge >= 0.3 is 6.18 Å². The lowest BCUT2D eigenvalue weighted by atomic mass is 10.1. The van der Waals surface area contributed by atoms with Gasteiger partial charge in [0.1, 0.15) is 12.4 Å². The van der Waals surface area contributed by atoms with Gasteiger partial charge in [0.25, 0.3) is 10.0 Å². The molecule has 0 bridgehead atoms. The summed E-state index contributed by atoms with van der Waals surface area (Å²) in [5.41, 5.74) is -0.0289. The minimum atomic E-state index is -4.51. The summed E-state index contributed by atoms with van der Waals surface area (Å²) in [6, 6.07) is 8.80. The van der Waals surface area contributed by atoms with Crippen LogP contribution >= 0.6 is 11.6 Å². The summed E-state index contributed by atoms with van der Waals surface area (Å²) in [6.45, 7) is 0.503. The van der Waals surface area contributed by atoms with Crippen LogP contribution in [-0.4, -0.2) is 31.5 Å². The topological polar surface area (TPSA) is 84.4 Å². The number of sulfonamides is 1. The van der Waals surface area contributed by atoms with Crippen LogP contribution in [0.3, 0.4) is 0 Å². The summed E-state index contributed by atoms with van der Waals surface area (Å²) in [5, 5.41) is -0.0812. The van der Waals surface area contributed by atoms with Crippen molar-refractivity contribution in [1.82, 2.24) is 9.97 Å². The fourth-order valence-corrected chi connectivity index (χ4v) is 4.31. The van der Waals surface area contributed by atoms with Gasteiger partial charge in [0.2, 0.25) is 5.95 Å². The van der Waals surface area contributed by atoms with Crippen molar-refractivity contribution in [1.29, 1.82) is 0 Å². The quantitative estimate of drug-likeness (QED) is 0.605. The third-order valence-electron chi connectivity index (χ3n) is 4.46. The van der Waals surface area contributed by atoms with E-state index in [0.29, 0.717) is 17.9 Å². The normalized spacial score (nSPS) is 14.0. The molecule has 12 heteroatoms. The predicted octanol–water partition coefficient (Wildman–Crippen LogP) is 4.48. The molecule has 0 saturated heterocycles. The molecule has 1 N–H and O–H groups in total. The van der Waals surface area contributed by atoms with Gasteiger partial charge in [-0.3, -0.25) is 0 Å². The maximum Gasteiger partial charge on any atom is 0.416 e. The van der Waals surface area contributed by atoms with Gasteiger partial charge in [0.05, 0.1) is 33.4 Å². The largest absolute Gasteiger partial charge is 0.489 e. The van der Waals surface area contributed by atoms with Crippen LogP contribution in [0, 0.1) is 0 Å². The zero-order chi connectivity index (χ0) is 22.2. The lowest BCUT2D eigenvalue weighted by molar-refractivity contribution is -0.137. The van der Waals surface area contributed by atoms with Crippen LogP contribution in [0.15, 0.2) is 59.8 Å². The van der Waals surface area contributed by atoms with Crippen molar-refractivity contribution in [3.05, 3.63) is 65.4 Å². The molecule has 1 aliphatic heterocycles. The van der Waals surface area contributed by atoms with Gasteiger partial charge in [-0.1, -0.05) is 11.6 Å². The van der Waals surface area contributed by atoms with Crippen molar-refractivity contribution in [2.45, 2.75) is 11.1 Å². The number of rotatable bonds is 4. The first-order valence-corrected chi connectivity index (χ1v) is 10.7. The summed E-state index contributed by atoms with van der Waals surface area (Å²) >= 11 is 6.13. The number of aromatic nitrogens is 2. The Balaban J connectivity index is 1.66. The molecule has 0 aliphatic carbocycles. The highest BCUT2D eigenvalue weighted by molar-refractivity contribution is 7.92. The highest BCUT2D eigenvalue weighted by Crippen LogP contribution is 2.42. The number of alkyl halides is 3. The van der Waals surface area contributed by atoms with Crippen molar-refractivity contribution in [3.63, 3.8) is 0 Å². The molecule has 0 saturated carbocycles. The Morgan fingerprint density at radius 1 is 1.06 bits per heavy atom. The van der Waals surface area contributed by atoms with Gasteiger partial charge < -0.3 is 9.64 Å². The second-order valence-corrected chi connectivity index (χ2v) is 8.56. The molecule has 1 aliphatic rings. The Labute approximate surface area is 180 Å². The average Bonchev–Trinajstić information content (AvgIpc) is 2.73. The average molecular weight is 471 g/mol. The smallest absolute Gasteiger partial charge is 0.416 e. The Hall–Kier alpha value is -3.05. The van der Waals surface area contributed by atoms with E-state index in [1.54, 1.807) is 11.0 Å². The van der Waals surface area contributed by atoms with Crippen LogP contribution in [-0.2, 0) is 16.2 Å². The fourth-order valence-electron chi connectivity index (χ4n) is 3.05. The van der Waals surface area contributed by atoms with Crippen molar-refractivity contribution >= 4 is 38.9 Å². The SMILES string of the molecule is O=S(=O)(Nc1ncccn1)c1ccc2c(c1)OCCN2c1ccc(C(F)(F)F)cc1Cl. The fraction of sp³-hybridized carbons (Fsp3) is 0.158. The number of fused-ring (bicyclic) bond motifs is 1. The summed E-state index contributed by atoms with van der Waals surface area (Å²) in [4.78, 5) is 9.24. The van der Waals surface area contributed by atoms with Gasteiger partial charge in [0.15, 0.2) is 0 Å². The van der Waals surface area contributed by atoms with Crippen LogP contribution in [0.1, 0.15) is 5.56 Å².